The molecule has 0 spiro atoms. The molecule has 0 aliphatic heterocycles. The van der Waals surface area contributed by atoms with Crippen LogP contribution in [-0.2, 0) is 11.2 Å². The van der Waals surface area contributed by atoms with Crippen LogP contribution in [0, 0.1) is 5.82 Å². The lowest BCUT2D eigenvalue weighted by Gasteiger charge is -2.07. The predicted molar refractivity (Wildman–Crippen MR) is 113 cm³/mol. The molecule has 5 nitrogen and oxygen atoms in total. The second-order valence-electron chi connectivity index (χ2n) is 6.81. The number of fused-ring (bicyclic) bond motifs is 1. The van der Waals surface area contributed by atoms with E-state index in [9.17, 15) is 9.18 Å². The Morgan fingerprint density at radius 2 is 1.90 bits per heavy atom. The fraction of sp³-hybridized carbons (Fsp3) is 0.167. The van der Waals surface area contributed by atoms with Crippen LogP contribution in [0.4, 0.5) is 4.39 Å². The van der Waals surface area contributed by atoms with Crippen molar-refractivity contribution in [1.82, 2.24) is 9.97 Å². The number of halogens is 1. The maximum atomic E-state index is 13.5. The third kappa shape index (κ3) is 3.89. The molecule has 0 unspecified atom stereocenters. The number of nitrogens with zero attached hydrogens (tertiary/aromatic N) is 1. The number of aromatic nitrogens is 2. The van der Waals surface area contributed by atoms with Gasteiger partial charge in [-0.3, -0.25) is 0 Å². The van der Waals surface area contributed by atoms with Crippen LogP contribution in [0.1, 0.15) is 28.7 Å². The summed E-state index contributed by atoms with van der Waals surface area (Å²) in [6, 6.07) is 17.5. The van der Waals surface area contributed by atoms with Gasteiger partial charge in [-0.25, -0.2) is 14.2 Å². The summed E-state index contributed by atoms with van der Waals surface area (Å²) in [5, 5.41) is 1.02. The zero-order chi connectivity index (χ0) is 21.1. The molecule has 0 bridgehead atoms. The van der Waals surface area contributed by atoms with E-state index in [1.165, 1.54) is 19.2 Å². The van der Waals surface area contributed by atoms with Crippen molar-refractivity contribution in [2.24, 2.45) is 0 Å². The number of hydrogen-bond donors (Lipinski definition) is 1. The summed E-state index contributed by atoms with van der Waals surface area (Å²) >= 11 is 0. The van der Waals surface area contributed by atoms with Gasteiger partial charge in [-0.2, -0.15) is 0 Å². The highest BCUT2D eigenvalue weighted by Gasteiger charge is 2.16. The first-order valence-corrected chi connectivity index (χ1v) is 9.66. The number of pyridine rings is 1. The minimum Gasteiger partial charge on any atom is -0.494 e. The summed E-state index contributed by atoms with van der Waals surface area (Å²) in [5.41, 5.74) is 4.66. The molecule has 6 heteroatoms. The monoisotopic (exact) mass is 404 g/mol. The highest BCUT2D eigenvalue weighted by atomic mass is 19.1. The number of H-pyrrole nitrogens is 1. The van der Waals surface area contributed by atoms with E-state index in [1.807, 2.05) is 31.2 Å². The first-order valence-electron chi connectivity index (χ1n) is 9.66. The van der Waals surface area contributed by atoms with Gasteiger partial charge in [0.05, 0.1) is 19.4 Å². The van der Waals surface area contributed by atoms with Gasteiger partial charge in [-0.1, -0.05) is 6.07 Å². The number of carbonyl (C=O) groups is 1. The number of rotatable bonds is 6. The van der Waals surface area contributed by atoms with Crippen molar-refractivity contribution in [3.8, 4) is 17.0 Å². The van der Waals surface area contributed by atoms with Gasteiger partial charge in [0.25, 0.3) is 0 Å². The summed E-state index contributed by atoms with van der Waals surface area (Å²) in [7, 11) is 1.33. The highest BCUT2D eigenvalue weighted by molar-refractivity contribution is 5.92. The lowest BCUT2D eigenvalue weighted by atomic mass is 10.0. The third-order valence-electron chi connectivity index (χ3n) is 4.88. The van der Waals surface area contributed by atoms with Gasteiger partial charge in [0.15, 0.2) is 0 Å². The minimum absolute atomic E-state index is 0.261. The van der Waals surface area contributed by atoms with Crippen molar-refractivity contribution in [2.45, 2.75) is 13.3 Å². The van der Waals surface area contributed by atoms with Crippen molar-refractivity contribution in [1.29, 1.82) is 0 Å². The summed E-state index contributed by atoms with van der Waals surface area (Å²) < 4.78 is 23.9. The predicted octanol–water partition coefficient (Wildman–Crippen LogP) is 5.15. The molecule has 4 rings (SSSR count). The Morgan fingerprint density at radius 3 is 2.63 bits per heavy atom. The van der Waals surface area contributed by atoms with Crippen molar-refractivity contribution in [2.75, 3.05) is 13.7 Å². The summed E-state index contributed by atoms with van der Waals surface area (Å²) in [6.07, 6.45) is 0.492. The third-order valence-corrected chi connectivity index (χ3v) is 4.88. The molecule has 0 atom stereocenters. The Kier molecular flexibility index (Phi) is 5.48. The number of methoxy groups -OCH3 is 1. The molecule has 4 aromatic rings. The first kappa shape index (κ1) is 19.6. The van der Waals surface area contributed by atoms with Gasteiger partial charge in [0, 0.05) is 29.1 Å². The number of aromatic amines is 1. The number of carbonyl (C=O) groups excluding carboxylic acids is 1. The second kappa shape index (κ2) is 8.37. The van der Waals surface area contributed by atoms with E-state index in [1.54, 1.807) is 24.3 Å². The number of esters is 1. The minimum atomic E-state index is -0.476. The highest BCUT2D eigenvalue weighted by Crippen LogP contribution is 2.34. The normalized spacial score (nSPS) is 10.9. The van der Waals surface area contributed by atoms with E-state index < -0.39 is 5.97 Å². The molecule has 30 heavy (non-hydrogen) atoms. The molecule has 0 aliphatic carbocycles. The molecular formula is C24H21FN2O3. The van der Waals surface area contributed by atoms with Gasteiger partial charge in [-0.05, 0) is 66.6 Å². The van der Waals surface area contributed by atoms with Gasteiger partial charge >= 0.3 is 5.97 Å². The average molecular weight is 404 g/mol. The fourth-order valence-corrected chi connectivity index (χ4v) is 3.52. The molecule has 1 N–H and O–H groups in total. The SMILES string of the molecule is CCOc1ccc2c(Cc3cccc(C(=O)OC)n3)c(-c3ccc(F)cc3)[nH]c2c1. The Hall–Kier alpha value is -3.67. The number of benzene rings is 2. The Labute approximate surface area is 173 Å². The zero-order valence-corrected chi connectivity index (χ0v) is 16.7. The molecule has 0 saturated carbocycles. The molecule has 0 amide bonds. The van der Waals surface area contributed by atoms with E-state index in [4.69, 9.17) is 9.47 Å². The molecule has 2 aromatic heterocycles. The fourth-order valence-electron chi connectivity index (χ4n) is 3.52. The molecular weight excluding hydrogens is 383 g/mol. The van der Waals surface area contributed by atoms with E-state index in [0.717, 1.165) is 39.2 Å². The van der Waals surface area contributed by atoms with Crippen LogP contribution in [0.15, 0.2) is 60.7 Å². The van der Waals surface area contributed by atoms with Crippen LogP contribution in [0.5, 0.6) is 5.75 Å². The quantitative estimate of drug-likeness (QED) is 0.452. The summed E-state index contributed by atoms with van der Waals surface area (Å²) in [6.45, 7) is 2.52. The maximum absolute atomic E-state index is 13.5. The second-order valence-corrected chi connectivity index (χ2v) is 6.81. The van der Waals surface area contributed by atoms with Gasteiger partial charge in [0.2, 0.25) is 0 Å². The largest absolute Gasteiger partial charge is 0.494 e. The van der Waals surface area contributed by atoms with Crippen LogP contribution in [0.3, 0.4) is 0 Å². The Morgan fingerprint density at radius 1 is 1.10 bits per heavy atom. The van der Waals surface area contributed by atoms with Gasteiger partial charge < -0.3 is 14.5 Å². The first-order chi connectivity index (χ1) is 14.6. The van der Waals surface area contributed by atoms with Crippen LogP contribution in [-0.4, -0.2) is 29.7 Å². The van der Waals surface area contributed by atoms with Crippen molar-refractivity contribution < 1.29 is 18.7 Å². The van der Waals surface area contributed by atoms with E-state index >= 15 is 0 Å². The lowest BCUT2D eigenvalue weighted by Crippen LogP contribution is -2.06. The topological polar surface area (TPSA) is 64.2 Å². The number of nitrogens with one attached hydrogen (secondary N) is 1. The van der Waals surface area contributed by atoms with E-state index in [-0.39, 0.29) is 11.5 Å². The Bertz CT molecular complexity index is 1200. The van der Waals surface area contributed by atoms with Gasteiger partial charge in [0.1, 0.15) is 17.3 Å². The standard InChI is InChI=1S/C24H21FN2O3/c1-3-30-18-11-12-19-20(13-17-5-4-6-21(26-17)24(28)29-2)23(27-22(19)14-18)15-7-9-16(25)10-8-15/h4-12,14,27H,3,13H2,1-2H3. The molecule has 0 aliphatic rings. The van der Waals surface area contributed by atoms with Crippen LogP contribution in [0.2, 0.25) is 0 Å². The molecule has 152 valence electrons. The maximum Gasteiger partial charge on any atom is 0.356 e. The smallest absolute Gasteiger partial charge is 0.356 e. The summed E-state index contributed by atoms with van der Waals surface area (Å²) in [4.78, 5) is 19.8. The molecule has 2 aromatic carbocycles. The molecule has 0 fully saturated rings. The molecule has 0 radical (unpaired) electrons. The van der Waals surface area contributed by atoms with Crippen LogP contribution in [0.25, 0.3) is 22.2 Å². The van der Waals surface area contributed by atoms with Crippen molar-refractivity contribution >= 4 is 16.9 Å². The van der Waals surface area contributed by atoms with E-state index in [2.05, 4.69) is 9.97 Å². The van der Waals surface area contributed by atoms with E-state index in [0.29, 0.717) is 13.0 Å². The number of hydrogen-bond acceptors (Lipinski definition) is 4. The van der Waals surface area contributed by atoms with Gasteiger partial charge in [-0.15, -0.1) is 0 Å². The zero-order valence-electron chi connectivity index (χ0n) is 16.7. The van der Waals surface area contributed by atoms with Crippen molar-refractivity contribution in [3.63, 3.8) is 0 Å². The lowest BCUT2D eigenvalue weighted by molar-refractivity contribution is 0.0593. The average Bonchev–Trinajstić information content (AvgIpc) is 3.11. The number of ether oxygens (including phenoxy) is 2. The molecule has 2 heterocycles. The van der Waals surface area contributed by atoms with Crippen LogP contribution < -0.4 is 4.74 Å². The summed E-state index contributed by atoms with van der Waals surface area (Å²) in [5.74, 6) is 0.00708. The molecule has 0 saturated heterocycles. The van der Waals surface area contributed by atoms with Crippen molar-refractivity contribution in [3.05, 3.63) is 83.4 Å². The van der Waals surface area contributed by atoms with Crippen LogP contribution >= 0.6 is 0 Å². The Balaban J connectivity index is 1.83.